The third-order valence-electron chi connectivity index (χ3n) is 4.80. The Morgan fingerprint density at radius 3 is 2.23 bits per heavy atom. The molecule has 1 aromatic carbocycles. The minimum atomic E-state index is -0.410. The molecule has 0 bridgehead atoms. The molecule has 3 unspecified atom stereocenters. The van der Waals surface area contributed by atoms with Crippen LogP contribution in [0, 0.1) is 11.8 Å². The van der Waals surface area contributed by atoms with Gasteiger partial charge in [-0.3, -0.25) is 4.89 Å². The molecule has 0 spiro atoms. The van der Waals surface area contributed by atoms with Crippen molar-refractivity contribution in [3.05, 3.63) is 35.4 Å². The molecule has 122 valence electrons. The molecule has 1 aliphatic carbocycles. The van der Waals surface area contributed by atoms with Crippen LogP contribution in [0.1, 0.15) is 69.8 Å². The van der Waals surface area contributed by atoms with Crippen LogP contribution >= 0.6 is 0 Å². The second-order valence-corrected chi connectivity index (χ2v) is 7.68. The minimum Gasteiger partial charge on any atom is -0.293 e. The molecule has 1 saturated carbocycles. The molecular formula is C19H28O3. The normalized spacial score (nSPS) is 25.8. The van der Waals surface area contributed by atoms with Gasteiger partial charge in [0, 0.05) is 0 Å². The van der Waals surface area contributed by atoms with Gasteiger partial charge < -0.3 is 0 Å². The van der Waals surface area contributed by atoms with Crippen molar-refractivity contribution in [2.75, 3.05) is 0 Å². The number of benzene rings is 1. The van der Waals surface area contributed by atoms with E-state index < -0.39 is 5.97 Å². The second-order valence-electron chi connectivity index (χ2n) is 7.68. The molecule has 0 aromatic heterocycles. The van der Waals surface area contributed by atoms with E-state index in [4.69, 9.17) is 9.78 Å². The first kappa shape index (κ1) is 17.0. The van der Waals surface area contributed by atoms with E-state index in [1.54, 1.807) is 12.1 Å². The van der Waals surface area contributed by atoms with Crippen molar-refractivity contribution in [2.24, 2.45) is 11.8 Å². The minimum absolute atomic E-state index is 0.0315. The summed E-state index contributed by atoms with van der Waals surface area (Å²) >= 11 is 0. The number of hydrogen-bond donors (Lipinski definition) is 0. The van der Waals surface area contributed by atoms with Crippen LogP contribution in [-0.4, -0.2) is 12.1 Å². The van der Waals surface area contributed by atoms with Crippen LogP contribution in [0.4, 0.5) is 0 Å². The van der Waals surface area contributed by atoms with Gasteiger partial charge in [0.05, 0.1) is 5.56 Å². The van der Waals surface area contributed by atoms with E-state index in [9.17, 15) is 4.79 Å². The van der Waals surface area contributed by atoms with Crippen LogP contribution in [0.25, 0.3) is 0 Å². The van der Waals surface area contributed by atoms with E-state index in [1.807, 2.05) is 12.1 Å². The quantitative estimate of drug-likeness (QED) is 0.588. The highest BCUT2D eigenvalue weighted by Gasteiger charge is 2.27. The van der Waals surface area contributed by atoms with Crippen molar-refractivity contribution in [3.63, 3.8) is 0 Å². The maximum atomic E-state index is 12.0. The molecule has 1 fully saturated rings. The Morgan fingerprint density at radius 2 is 1.68 bits per heavy atom. The molecule has 0 radical (unpaired) electrons. The average molecular weight is 304 g/mol. The lowest BCUT2D eigenvalue weighted by Gasteiger charge is -2.30. The monoisotopic (exact) mass is 304 g/mol. The van der Waals surface area contributed by atoms with Gasteiger partial charge in [0.2, 0.25) is 0 Å². The highest BCUT2D eigenvalue weighted by Crippen LogP contribution is 2.31. The molecule has 0 N–H and O–H groups in total. The van der Waals surface area contributed by atoms with E-state index in [0.717, 1.165) is 25.2 Å². The van der Waals surface area contributed by atoms with Crippen LogP contribution in [0.2, 0.25) is 0 Å². The summed E-state index contributed by atoms with van der Waals surface area (Å²) in [5.41, 5.74) is 1.80. The van der Waals surface area contributed by atoms with E-state index in [-0.39, 0.29) is 11.5 Å². The van der Waals surface area contributed by atoms with Crippen LogP contribution in [-0.2, 0) is 15.2 Å². The lowest BCUT2D eigenvalue weighted by Crippen LogP contribution is -2.27. The van der Waals surface area contributed by atoms with Crippen molar-refractivity contribution >= 4 is 5.97 Å². The van der Waals surface area contributed by atoms with Crippen molar-refractivity contribution in [2.45, 2.75) is 65.4 Å². The molecule has 22 heavy (non-hydrogen) atoms. The lowest BCUT2D eigenvalue weighted by molar-refractivity contribution is -0.283. The first-order valence-electron chi connectivity index (χ1n) is 8.25. The molecule has 1 aromatic rings. The second kappa shape index (κ2) is 6.82. The molecule has 3 atom stereocenters. The molecule has 0 aliphatic heterocycles. The van der Waals surface area contributed by atoms with Gasteiger partial charge in [-0.05, 0) is 54.2 Å². The van der Waals surface area contributed by atoms with Crippen molar-refractivity contribution in [1.29, 1.82) is 0 Å². The largest absolute Gasteiger partial charge is 0.373 e. The maximum Gasteiger partial charge on any atom is 0.373 e. The van der Waals surface area contributed by atoms with Gasteiger partial charge in [0.25, 0.3) is 0 Å². The first-order chi connectivity index (χ1) is 10.3. The van der Waals surface area contributed by atoms with Gasteiger partial charge in [-0.25, -0.2) is 4.79 Å². The summed E-state index contributed by atoms with van der Waals surface area (Å²) in [6.45, 7) is 10.9. The summed E-state index contributed by atoms with van der Waals surface area (Å²) in [7, 11) is 0. The Hall–Kier alpha value is -1.35. The zero-order chi connectivity index (χ0) is 16.3. The first-order valence-corrected chi connectivity index (χ1v) is 8.25. The number of carbonyl (C=O) groups excluding carboxylic acids is 1. The van der Waals surface area contributed by atoms with Gasteiger partial charge in [-0.15, -0.1) is 0 Å². The fraction of sp³-hybridized carbons (Fsp3) is 0.632. The number of hydrogen-bond acceptors (Lipinski definition) is 3. The third-order valence-corrected chi connectivity index (χ3v) is 4.80. The summed E-state index contributed by atoms with van der Waals surface area (Å²) in [5, 5.41) is 0. The fourth-order valence-corrected chi connectivity index (χ4v) is 2.85. The zero-order valence-electron chi connectivity index (χ0n) is 14.4. The Bertz CT molecular complexity index is 498. The standard InChI is InChI=1S/C19H28O3/c1-13-6-11-17(12-14(13)2)21-22-18(20)15-7-9-16(10-8-15)19(3,4)5/h7-10,13-14,17H,6,11-12H2,1-5H3. The molecule has 0 amide bonds. The van der Waals surface area contributed by atoms with Gasteiger partial charge in [0.15, 0.2) is 0 Å². The molecule has 2 rings (SSSR count). The summed E-state index contributed by atoms with van der Waals surface area (Å²) in [4.78, 5) is 22.5. The van der Waals surface area contributed by atoms with Crippen molar-refractivity contribution in [1.82, 2.24) is 0 Å². The highest BCUT2D eigenvalue weighted by molar-refractivity contribution is 5.88. The molecule has 3 nitrogen and oxygen atoms in total. The van der Waals surface area contributed by atoms with Crippen LogP contribution < -0.4 is 0 Å². The summed E-state index contributed by atoms with van der Waals surface area (Å²) < 4.78 is 0. The predicted molar refractivity (Wildman–Crippen MR) is 87.6 cm³/mol. The molecule has 1 aliphatic rings. The maximum absolute atomic E-state index is 12.0. The van der Waals surface area contributed by atoms with Crippen LogP contribution in [0.5, 0.6) is 0 Å². The van der Waals surface area contributed by atoms with Gasteiger partial charge in [-0.1, -0.05) is 46.8 Å². The Morgan fingerprint density at radius 1 is 1.05 bits per heavy atom. The fourth-order valence-electron chi connectivity index (χ4n) is 2.85. The van der Waals surface area contributed by atoms with Crippen molar-refractivity contribution < 1.29 is 14.6 Å². The van der Waals surface area contributed by atoms with Crippen LogP contribution in [0.15, 0.2) is 24.3 Å². The van der Waals surface area contributed by atoms with Crippen molar-refractivity contribution in [3.8, 4) is 0 Å². The third kappa shape index (κ3) is 4.33. The smallest absolute Gasteiger partial charge is 0.293 e. The molecule has 0 heterocycles. The Kier molecular flexibility index (Phi) is 5.28. The van der Waals surface area contributed by atoms with Gasteiger partial charge in [-0.2, -0.15) is 4.89 Å². The summed E-state index contributed by atoms with van der Waals surface area (Å²) in [5.74, 6) is 0.927. The Balaban J connectivity index is 1.87. The van der Waals surface area contributed by atoms with E-state index >= 15 is 0 Å². The molecule has 0 saturated heterocycles. The lowest BCUT2D eigenvalue weighted by atomic mass is 9.80. The summed E-state index contributed by atoms with van der Waals surface area (Å²) in [6.07, 6.45) is 3.08. The zero-order valence-corrected chi connectivity index (χ0v) is 14.4. The number of carbonyl (C=O) groups is 1. The van der Waals surface area contributed by atoms with E-state index in [1.165, 1.54) is 5.56 Å². The summed E-state index contributed by atoms with van der Waals surface area (Å²) in [6, 6.07) is 7.55. The predicted octanol–water partition coefficient (Wildman–Crippen LogP) is 4.90. The highest BCUT2D eigenvalue weighted by atomic mass is 17.2. The van der Waals surface area contributed by atoms with Gasteiger partial charge in [0.1, 0.15) is 6.10 Å². The molecule has 3 heteroatoms. The van der Waals surface area contributed by atoms with Gasteiger partial charge >= 0.3 is 5.97 Å². The van der Waals surface area contributed by atoms with E-state index in [0.29, 0.717) is 11.5 Å². The van der Waals surface area contributed by atoms with E-state index in [2.05, 4.69) is 34.6 Å². The molecular weight excluding hydrogens is 276 g/mol. The number of rotatable bonds is 3. The SMILES string of the molecule is CC1CCC(OOC(=O)c2ccc(C(C)(C)C)cc2)CC1C. The average Bonchev–Trinajstić information content (AvgIpc) is 2.47. The topological polar surface area (TPSA) is 35.5 Å². The van der Waals surface area contributed by atoms with Crippen LogP contribution in [0.3, 0.4) is 0 Å². The Labute approximate surface area is 133 Å².